The zero-order chi connectivity index (χ0) is 21.4. The molecule has 1 aliphatic heterocycles. The monoisotopic (exact) mass is 406 g/mol. The number of aromatic nitrogens is 3. The minimum absolute atomic E-state index is 0.0935. The fraction of sp³-hybridized carbons (Fsp3) is 0.105. The van der Waals surface area contributed by atoms with Gasteiger partial charge in [-0.1, -0.05) is 18.2 Å². The van der Waals surface area contributed by atoms with Gasteiger partial charge in [-0.2, -0.15) is 5.10 Å². The molecule has 0 fully saturated rings. The summed E-state index contributed by atoms with van der Waals surface area (Å²) in [4.78, 5) is 52.8. The average molecular weight is 406 g/mol. The van der Waals surface area contributed by atoms with Crippen molar-refractivity contribution in [3.8, 4) is 11.4 Å². The van der Waals surface area contributed by atoms with Crippen LogP contribution in [0.2, 0.25) is 0 Å². The van der Waals surface area contributed by atoms with Gasteiger partial charge in [0.15, 0.2) is 5.82 Å². The number of imide groups is 1. The van der Waals surface area contributed by atoms with Crippen LogP contribution in [0, 0.1) is 17.0 Å². The molecule has 30 heavy (non-hydrogen) atoms. The van der Waals surface area contributed by atoms with Gasteiger partial charge in [0.2, 0.25) is 5.91 Å². The summed E-state index contributed by atoms with van der Waals surface area (Å²) >= 11 is 0. The molecule has 11 heteroatoms. The van der Waals surface area contributed by atoms with Gasteiger partial charge in [0, 0.05) is 17.3 Å². The molecule has 11 nitrogen and oxygen atoms in total. The molecule has 1 aliphatic rings. The summed E-state index contributed by atoms with van der Waals surface area (Å²) in [6.07, 6.45) is 0. The van der Waals surface area contributed by atoms with E-state index in [4.69, 9.17) is 0 Å². The summed E-state index contributed by atoms with van der Waals surface area (Å²) in [6, 6.07) is 10.5. The first-order valence-electron chi connectivity index (χ1n) is 8.78. The number of nitrogens with zero attached hydrogens (tertiary/aromatic N) is 4. The molecule has 0 bridgehead atoms. The van der Waals surface area contributed by atoms with Crippen molar-refractivity contribution in [1.29, 1.82) is 0 Å². The number of aryl methyl sites for hydroxylation is 1. The number of benzene rings is 2. The predicted molar refractivity (Wildman–Crippen MR) is 104 cm³/mol. The largest absolute Gasteiger partial charge is 0.325 e. The summed E-state index contributed by atoms with van der Waals surface area (Å²) in [5.74, 6) is -1.16. The quantitative estimate of drug-likeness (QED) is 0.373. The lowest BCUT2D eigenvalue weighted by Crippen LogP contribution is -2.37. The zero-order valence-electron chi connectivity index (χ0n) is 15.6. The normalized spacial score (nSPS) is 12.8. The number of fused-ring (bicyclic) bond motifs is 1. The summed E-state index contributed by atoms with van der Waals surface area (Å²) < 4.78 is 0. The van der Waals surface area contributed by atoms with Crippen LogP contribution in [-0.4, -0.2) is 49.3 Å². The molecule has 2 N–H and O–H groups in total. The fourth-order valence-corrected chi connectivity index (χ4v) is 3.16. The SMILES string of the molecule is Cc1nc(-c2cccc(NC(=O)CN3C(=O)c4cccc([N+](=O)[O-])c4C3=O)c2)n[nH]1. The van der Waals surface area contributed by atoms with Crippen LogP contribution in [0.15, 0.2) is 42.5 Å². The van der Waals surface area contributed by atoms with Crippen molar-refractivity contribution in [2.45, 2.75) is 6.92 Å². The van der Waals surface area contributed by atoms with Crippen molar-refractivity contribution in [2.75, 3.05) is 11.9 Å². The Morgan fingerprint density at radius 1 is 1.20 bits per heavy atom. The summed E-state index contributed by atoms with van der Waals surface area (Å²) in [5.41, 5.74) is 0.213. The van der Waals surface area contributed by atoms with Gasteiger partial charge in [-0.05, 0) is 25.1 Å². The van der Waals surface area contributed by atoms with E-state index in [0.717, 1.165) is 6.07 Å². The van der Waals surface area contributed by atoms with E-state index in [-0.39, 0.29) is 11.1 Å². The van der Waals surface area contributed by atoms with Gasteiger partial charge >= 0.3 is 0 Å². The van der Waals surface area contributed by atoms with E-state index in [2.05, 4.69) is 20.5 Å². The molecule has 0 radical (unpaired) electrons. The summed E-state index contributed by atoms with van der Waals surface area (Å²) in [6.45, 7) is 1.18. The lowest BCUT2D eigenvalue weighted by atomic mass is 10.1. The molecule has 0 saturated carbocycles. The molecule has 1 aromatic heterocycles. The highest BCUT2D eigenvalue weighted by atomic mass is 16.6. The third-order valence-corrected chi connectivity index (χ3v) is 4.48. The molecule has 2 aromatic carbocycles. The number of carbonyl (C=O) groups is 3. The Morgan fingerprint density at radius 3 is 2.67 bits per heavy atom. The van der Waals surface area contributed by atoms with Crippen molar-refractivity contribution in [3.05, 3.63) is 69.5 Å². The molecule has 150 valence electrons. The smallest absolute Gasteiger partial charge is 0.282 e. The van der Waals surface area contributed by atoms with Gasteiger partial charge in [-0.3, -0.25) is 34.5 Å². The predicted octanol–water partition coefficient (Wildman–Crippen LogP) is 1.92. The Hall–Kier alpha value is -4.41. The Morgan fingerprint density at radius 2 is 1.97 bits per heavy atom. The zero-order valence-corrected chi connectivity index (χ0v) is 15.6. The molecule has 0 unspecified atom stereocenters. The van der Waals surface area contributed by atoms with Crippen molar-refractivity contribution >= 4 is 29.1 Å². The molecule has 0 atom stereocenters. The second kappa shape index (κ2) is 7.20. The van der Waals surface area contributed by atoms with Crippen LogP contribution in [-0.2, 0) is 4.79 Å². The maximum Gasteiger partial charge on any atom is 0.282 e. The van der Waals surface area contributed by atoms with Crippen LogP contribution in [0.3, 0.4) is 0 Å². The van der Waals surface area contributed by atoms with E-state index in [1.807, 2.05) is 0 Å². The second-order valence-corrected chi connectivity index (χ2v) is 6.53. The van der Waals surface area contributed by atoms with Gasteiger partial charge in [0.05, 0.1) is 10.5 Å². The maximum atomic E-state index is 12.6. The molecular weight excluding hydrogens is 392 g/mol. The van der Waals surface area contributed by atoms with E-state index in [0.29, 0.717) is 27.8 Å². The first-order valence-corrected chi connectivity index (χ1v) is 8.78. The number of aromatic amines is 1. The van der Waals surface area contributed by atoms with Crippen LogP contribution in [0.4, 0.5) is 11.4 Å². The summed E-state index contributed by atoms with van der Waals surface area (Å²) in [5, 5.41) is 20.6. The third-order valence-electron chi connectivity index (χ3n) is 4.48. The number of carbonyl (C=O) groups excluding carboxylic acids is 3. The van der Waals surface area contributed by atoms with Gasteiger partial charge in [0.1, 0.15) is 17.9 Å². The number of hydrogen-bond acceptors (Lipinski definition) is 7. The molecule has 0 saturated heterocycles. The van der Waals surface area contributed by atoms with Crippen LogP contribution < -0.4 is 5.32 Å². The van der Waals surface area contributed by atoms with Crippen molar-refractivity contribution in [2.24, 2.45) is 0 Å². The number of rotatable bonds is 5. The van der Waals surface area contributed by atoms with E-state index < -0.39 is 34.9 Å². The molecule has 3 aromatic rings. The fourth-order valence-electron chi connectivity index (χ4n) is 3.16. The molecule has 0 aliphatic carbocycles. The van der Waals surface area contributed by atoms with Gasteiger partial charge in [-0.15, -0.1) is 0 Å². The van der Waals surface area contributed by atoms with E-state index in [9.17, 15) is 24.5 Å². The first kappa shape index (κ1) is 18.9. The van der Waals surface area contributed by atoms with E-state index >= 15 is 0 Å². The number of anilines is 1. The summed E-state index contributed by atoms with van der Waals surface area (Å²) in [7, 11) is 0. The van der Waals surface area contributed by atoms with Crippen molar-refractivity contribution in [1.82, 2.24) is 20.1 Å². The number of nitro benzene ring substituents is 1. The highest BCUT2D eigenvalue weighted by molar-refractivity contribution is 6.24. The van der Waals surface area contributed by atoms with Gasteiger partial charge in [0.25, 0.3) is 17.5 Å². The lowest BCUT2D eigenvalue weighted by molar-refractivity contribution is -0.385. The second-order valence-electron chi connectivity index (χ2n) is 6.53. The number of hydrogen-bond donors (Lipinski definition) is 2. The van der Waals surface area contributed by atoms with E-state index in [1.54, 1.807) is 31.2 Å². The number of nitrogens with one attached hydrogen (secondary N) is 2. The molecule has 0 spiro atoms. The molecule has 4 rings (SSSR count). The molecule has 3 amide bonds. The number of amides is 3. The standard InChI is InChI=1S/C19H14N6O5/c1-10-20-17(23-22-10)11-4-2-5-12(8-11)21-15(26)9-24-18(27)13-6-3-7-14(25(29)30)16(13)19(24)28/h2-8H,9H2,1H3,(H,21,26)(H,20,22,23). The molecule has 2 heterocycles. The number of nitro groups is 1. The lowest BCUT2D eigenvalue weighted by Gasteiger charge is -2.13. The Bertz CT molecular complexity index is 1220. The first-order chi connectivity index (χ1) is 14.3. The van der Waals surface area contributed by atoms with Crippen LogP contribution >= 0.6 is 0 Å². The highest BCUT2D eigenvalue weighted by Crippen LogP contribution is 2.30. The van der Waals surface area contributed by atoms with Gasteiger partial charge < -0.3 is 5.32 Å². The highest BCUT2D eigenvalue weighted by Gasteiger charge is 2.41. The van der Waals surface area contributed by atoms with Gasteiger partial charge in [-0.25, -0.2) is 4.98 Å². The Kier molecular flexibility index (Phi) is 4.54. The Balaban J connectivity index is 1.51. The van der Waals surface area contributed by atoms with Crippen molar-refractivity contribution < 1.29 is 19.3 Å². The van der Waals surface area contributed by atoms with E-state index in [1.165, 1.54) is 12.1 Å². The third kappa shape index (κ3) is 3.28. The topological polar surface area (TPSA) is 151 Å². The van der Waals surface area contributed by atoms with Crippen LogP contribution in [0.1, 0.15) is 26.5 Å². The Labute approximate surface area is 168 Å². The molecular formula is C19H14N6O5. The minimum atomic E-state index is -0.873. The van der Waals surface area contributed by atoms with Crippen LogP contribution in [0.25, 0.3) is 11.4 Å². The van der Waals surface area contributed by atoms with Crippen LogP contribution in [0.5, 0.6) is 0 Å². The minimum Gasteiger partial charge on any atom is -0.325 e. The van der Waals surface area contributed by atoms with Crippen molar-refractivity contribution in [3.63, 3.8) is 0 Å². The average Bonchev–Trinajstić information content (AvgIpc) is 3.25. The number of H-pyrrole nitrogens is 1. The maximum absolute atomic E-state index is 12.6.